The minimum Gasteiger partial charge on any atom is -0.484 e. The van der Waals surface area contributed by atoms with Crippen molar-refractivity contribution in [2.75, 3.05) is 51.8 Å². The summed E-state index contributed by atoms with van der Waals surface area (Å²) in [5.74, 6) is 0.250. The predicted octanol–water partition coefficient (Wildman–Crippen LogP) is 3.90. The van der Waals surface area contributed by atoms with Gasteiger partial charge in [0.25, 0.3) is 11.8 Å². The second-order valence-corrected chi connectivity index (χ2v) is 7.98. The van der Waals surface area contributed by atoms with E-state index in [-0.39, 0.29) is 18.4 Å². The lowest BCUT2D eigenvalue weighted by atomic mass is 10.1. The number of amides is 2. The Morgan fingerprint density at radius 1 is 0.967 bits per heavy atom. The standard InChI is InChI=1S/C23H30BrN3O3/c1-5-26(6-2)13-14-27(20-11-8-10-19(24)16-20)23(29)18-9-7-12-21(15-18)30-17-22(28)25(3)4/h7-12,15-16H,5-6,13-14,17H2,1-4H3. The molecule has 30 heavy (non-hydrogen) atoms. The summed E-state index contributed by atoms with van der Waals surface area (Å²) in [5, 5.41) is 0. The predicted molar refractivity (Wildman–Crippen MR) is 124 cm³/mol. The zero-order valence-electron chi connectivity index (χ0n) is 18.1. The second-order valence-electron chi connectivity index (χ2n) is 7.07. The summed E-state index contributed by atoms with van der Waals surface area (Å²) in [7, 11) is 3.36. The van der Waals surface area contributed by atoms with Crippen LogP contribution in [-0.2, 0) is 4.79 Å². The summed E-state index contributed by atoms with van der Waals surface area (Å²) in [6.45, 7) is 7.37. The minimum absolute atomic E-state index is 0.0675. The summed E-state index contributed by atoms with van der Waals surface area (Å²) in [5.41, 5.74) is 1.35. The number of hydrogen-bond donors (Lipinski definition) is 0. The molecule has 0 aromatic heterocycles. The number of halogens is 1. The van der Waals surface area contributed by atoms with Crippen LogP contribution in [0.15, 0.2) is 53.0 Å². The maximum atomic E-state index is 13.4. The summed E-state index contributed by atoms with van der Waals surface area (Å²) >= 11 is 3.50. The molecule has 0 unspecified atom stereocenters. The summed E-state index contributed by atoms with van der Waals surface area (Å²) in [6, 6.07) is 14.7. The molecule has 6 nitrogen and oxygen atoms in total. The second kappa shape index (κ2) is 11.7. The molecule has 0 saturated heterocycles. The Balaban J connectivity index is 2.24. The van der Waals surface area contributed by atoms with E-state index in [9.17, 15) is 9.59 Å². The summed E-state index contributed by atoms with van der Waals surface area (Å²) in [6.07, 6.45) is 0. The van der Waals surface area contributed by atoms with Gasteiger partial charge in [-0.05, 0) is 49.5 Å². The van der Waals surface area contributed by atoms with Crippen LogP contribution in [0.25, 0.3) is 0 Å². The smallest absolute Gasteiger partial charge is 0.259 e. The van der Waals surface area contributed by atoms with Crippen molar-refractivity contribution in [2.24, 2.45) is 0 Å². The van der Waals surface area contributed by atoms with Gasteiger partial charge in [-0.15, -0.1) is 0 Å². The molecule has 7 heteroatoms. The third-order valence-electron chi connectivity index (χ3n) is 4.84. The largest absolute Gasteiger partial charge is 0.484 e. The number of anilines is 1. The maximum Gasteiger partial charge on any atom is 0.259 e. The lowest BCUT2D eigenvalue weighted by Gasteiger charge is -2.27. The normalized spacial score (nSPS) is 10.7. The van der Waals surface area contributed by atoms with Crippen LogP contribution in [0, 0.1) is 0 Å². The fourth-order valence-electron chi connectivity index (χ4n) is 2.92. The van der Waals surface area contributed by atoms with Crippen LogP contribution in [0.3, 0.4) is 0 Å². The van der Waals surface area contributed by atoms with E-state index in [1.165, 1.54) is 4.90 Å². The van der Waals surface area contributed by atoms with Crippen molar-refractivity contribution in [2.45, 2.75) is 13.8 Å². The number of nitrogens with zero attached hydrogens (tertiary/aromatic N) is 3. The lowest BCUT2D eigenvalue weighted by molar-refractivity contribution is -0.130. The molecule has 0 bridgehead atoms. The Morgan fingerprint density at radius 2 is 1.67 bits per heavy atom. The number of rotatable bonds is 10. The van der Waals surface area contributed by atoms with Gasteiger partial charge in [0.05, 0.1) is 0 Å². The highest BCUT2D eigenvalue weighted by Crippen LogP contribution is 2.23. The van der Waals surface area contributed by atoms with Crippen molar-refractivity contribution in [1.29, 1.82) is 0 Å². The summed E-state index contributed by atoms with van der Waals surface area (Å²) in [4.78, 5) is 30.7. The van der Waals surface area contributed by atoms with Gasteiger partial charge in [-0.25, -0.2) is 0 Å². The first-order valence-corrected chi connectivity index (χ1v) is 10.9. The molecule has 0 aliphatic carbocycles. The van der Waals surface area contributed by atoms with E-state index in [2.05, 4.69) is 34.7 Å². The third-order valence-corrected chi connectivity index (χ3v) is 5.33. The van der Waals surface area contributed by atoms with Gasteiger partial charge in [0.15, 0.2) is 6.61 Å². The van der Waals surface area contributed by atoms with Crippen molar-refractivity contribution in [3.8, 4) is 5.75 Å². The van der Waals surface area contributed by atoms with Gasteiger partial charge < -0.3 is 19.4 Å². The molecule has 162 valence electrons. The Hall–Kier alpha value is -2.38. The van der Waals surface area contributed by atoms with E-state index in [4.69, 9.17) is 4.74 Å². The van der Waals surface area contributed by atoms with Crippen molar-refractivity contribution >= 4 is 33.4 Å². The van der Waals surface area contributed by atoms with E-state index in [1.807, 2.05) is 24.3 Å². The molecule has 0 aliphatic heterocycles. The highest BCUT2D eigenvalue weighted by atomic mass is 79.9. The van der Waals surface area contributed by atoms with Gasteiger partial charge >= 0.3 is 0 Å². The van der Waals surface area contributed by atoms with Crippen LogP contribution in [0.4, 0.5) is 5.69 Å². The molecular weight excluding hydrogens is 446 g/mol. The Labute approximate surface area is 187 Å². The van der Waals surface area contributed by atoms with Crippen molar-refractivity contribution in [3.63, 3.8) is 0 Å². The molecule has 2 aromatic carbocycles. The molecule has 0 N–H and O–H groups in total. The minimum atomic E-state index is -0.137. The van der Waals surface area contributed by atoms with Crippen LogP contribution in [0.2, 0.25) is 0 Å². The fourth-order valence-corrected chi connectivity index (χ4v) is 3.31. The van der Waals surface area contributed by atoms with E-state index >= 15 is 0 Å². The zero-order valence-corrected chi connectivity index (χ0v) is 19.7. The molecule has 2 rings (SSSR count). The fraction of sp³-hybridized carbons (Fsp3) is 0.391. The van der Waals surface area contributed by atoms with E-state index in [0.717, 1.165) is 29.8 Å². The van der Waals surface area contributed by atoms with E-state index in [0.29, 0.717) is 17.9 Å². The SMILES string of the molecule is CCN(CC)CCN(C(=O)c1cccc(OCC(=O)N(C)C)c1)c1cccc(Br)c1. The molecule has 0 heterocycles. The third kappa shape index (κ3) is 6.85. The van der Waals surface area contributed by atoms with Gasteiger partial charge in [0.2, 0.25) is 0 Å². The average Bonchev–Trinajstić information content (AvgIpc) is 2.75. The molecule has 2 aromatic rings. The van der Waals surface area contributed by atoms with Gasteiger partial charge in [0, 0.05) is 42.9 Å². The van der Waals surface area contributed by atoms with Crippen LogP contribution in [0.5, 0.6) is 5.75 Å². The number of likely N-dealkylation sites (N-methyl/N-ethyl adjacent to an activating group) is 2. The highest BCUT2D eigenvalue weighted by molar-refractivity contribution is 9.10. The molecular formula is C23H30BrN3O3. The topological polar surface area (TPSA) is 53.1 Å². The first-order valence-electron chi connectivity index (χ1n) is 10.1. The lowest BCUT2D eigenvalue weighted by Crippen LogP contribution is -2.39. The molecule has 0 aliphatic rings. The number of carbonyl (C=O) groups is 2. The maximum absolute atomic E-state index is 13.4. The molecule has 0 atom stereocenters. The van der Waals surface area contributed by atoms with Crippen LogP contribution < -0.4 is 9.64 Å². The molecule has 0 saturated carbocycles. The number of ether oxygens (including phenoxy) is 1. The summed E-state index contributed by atoms with van der Waals surface area (Å²) < 4.78 is 6.50. The number of carbonyl (C=O) groups excluding carboxylic acids is 2. The van der Waals surface area contributed by atoms with Crippen molar-refractivity contribution < 1.29 is 14.3 Å². The van der Waals surface area contributed by atoms with Gasteiger partial charge in [0.1, 0.15) is 5.75 Å². The van der Waals surface area contributed by atoms with Gasteiger partial charge in [-0.2, -0.15) is 0 Å². The first kappa shape index (κ1) is 23.9. The van der Waals surface area contributed by atoms with Gasteiger partial charge in [-0.1, -0.05) is 41.9 Å². The Kier molecular flexibility index (Phi) is 9.33. The quantitative estimate of drug-likeness (QED) is 0.522. The Morgan fingerprint density at radius 3 is 2.30 bits per heavy atom. The van der Waals surface area contributed by atoms with Crippen LogP contribution >= 0.6 is 15.9 Å². The average molecular weight is 476 g/mol. The van der Waals surface area contributed by atoms with Crippen LogP contribution in [-0.4, -0.2) is 68.5 Å². The first-order chi connectivity index (χ1) is 14.3. The molecule has 2 amide bonds. The highest BCUT2D eigenvalue weighted by Gasteiger charge is 2.19. The van der Waals surface area contributed by atoms with E-state index < -0.39 is 0 Å². The number of hydrogen-bond acceptors (Lipinski definition) is 4. The zero-order chi connectivity index (χ0) is 22.1. The molecule has 0 spiro atoms. The molecule has 0 radical (unpaired) electrons. The van der Waals surface area contributed by atoms with E-state index in [1.54, 1.807) is 43.3 Å². The van der Waals surface area contributed by atoms with Gasteiger partial charge in [-0.3, -0.25) is 9.59 Å². The van der Waals surface area contributed by atoms with Crippen molar-refractivity contribution in [1.82, 2.24) is 9.80 Å². The van der Waals surface area contributed by atoms with Crippen LogP contribution in [0.1, 0.15) is 24.2 Å². The molecule has 0 fully saturated rings. The van der Waals surface area contributed by atoms with Crippen molar-refractivity contribution in [3.05, 3.63) is 58.6 Å². The number of benzene rings is 2. The monoisotopic (exact) mass is 475 g/mol. The Bertz CT molecular complexity index is 853.